The number of aryl methyl sites for hydroxylation is 1. The zero-order valence-corrected chi connectivity index (χ0v) is 12.3. The molecular weight excluding hydrogens is 266 g/mol. The Kier molecular flexibility index (Phi) is 4.40. The molecule has 5 heteroatoms. The van der Waals surface area contributed by atoms with Crippen LogP contribution < -0.4 is 9.47 Å². The molecule has 112 valence electrons. The quantitative estimate of drug-likeness (QED) is 0.884. The van der Waals surface area contributed by atoms with Crippen LogP contribution in [0.25, 0.3) is 0 Å². The minimum atomic E-state index is 0.0961. The number of likely N-dealkylation sites (N-methyl/N-ethyl adjacent to an activating group) is 1. The minimum absolute atomic E-state index is 0.0961. The van der Waals surface area contributed by atoms with E-state index in [0.29, 0.717) is 6.61 Å². The Morgan fingerprint density at radius 3 is 3.00 bits per heavy atom. The van der Waals surface area contributed by atoms with Gasteiger partial charge in [-0.3, -0.25) is 5.10 Å². The number of ether oxygens (including phenoxy) is 2. The van der Waals surface area contributed by atoms with Crippen LogP contribution in [0, 0.1) is 0 Å². The van der Waals surface area contributed by atoms with Gasteiger partial charge < -0.3 is 14.4 Å². The van der Waals surface area contributed by atoms with Gasteiger partial charge in [-0.15, -0.1) is 0 Å². The van der Waals surface area contributed by atoms with E-state index in [2.05, 4.69) is 22.1 Å². The Labute approximate surface area is 124 Å². The highest BCUT2D eigenvalue weighted by Gasteiger charge is 2.21. The van der Waals surface area contributed by atoms with Crippen molar-refractivity contribution in [1.82, 2.24) is 15.1 Å². The van der Waals surface area contributed by atoms with Crippen LogP contribution in [0.15, 0.2) is 36.7 Å². The third-order valence-corrected chi connectivity index (χ3v) is 3.64. The van der Waals surface area contributed by atoms with Crippen molar-refractivity contribution in [1.29, 1.82) is 0 Å². The smallest absolute Gasteiger partial charge is 0.161 e. The van der Waals surface area contributed by atoms with E-state index in [9.17, 15) is 0 Å². The van der Waals surface area contributed by atoms with E-state index in [0.717, 1.165) is 37.4 Å². The number of para-hydroxylation sites is 2. The molecule has 1 aliphatic rings. The van der Waals surface area contributed by atoms with Crippen molar-refractivity contribution >= 4 is 0 Å². The summed E-state index contributed by atoms with van der Waals surface area (Å²) in [5.41, 5.74) is 1.26. The highest BCUT2D eigenvalue weighted by Crippen LogP contribution is 2.30. The predicted octanol–water partition coefficient (Wildman–Crippen LogP) is 2.11. The maximum atomic E-state index is 5.97. The van der Waals surface area contributed by atoms with Crippen LogP contribution in [-0.4, -0.2) is 47.9 Å². The van der Waals surface area contributed by atoms with Gasteiger partial charge in [0.15, 0.2) is 11.5 Å². The summed E-state index contributed by atoms with van der Waals surface area (Å²) in [7, 11) is 2.12. The molecule has 0 saturated carbocycles. The van der Waals surface area contributed by atoms with Crippen molar-refractivity contribution in [3.05, 3.63) is 42.2 Å². The largest absolute Gasteiger partial charge is 0.486 e. The fraction of sp³-hybridized carbons (Fsp3) is 0.438. The van der Waals surface area contributed by atoms with Gasteiger partial charge in [0.05, 0.1) is 6.20 Å². The molecule has 5 nitrogen and oxygen atoms in total. The summed E-state index contributed by atoms with van der Waals surface area (Å²) in [6.45, 7) is 2.52. The van der Waals surface area contributed by atoms with Gasteiger partial charge in [0.2, 0.25) is 0 Å². The van der Waals surface area contributed by atoms with E-state index in [1.165, 1.54) is 5.56 Å². The molecule has 1 aliphatic heterocycles. The third-order valence-electron chi connectivity index (χ3n) is 3.64. The first-order valence-corrected chi connectivity index (χ1v) is 7.36. The second-order valence-corrected chi connectivity index (χ2v) is 5.47. The molecule has 0 amide bonds. The number of hydrogen-bond donors (Lipinski definition) is 1. The zero-order chi connectivity index (χ0) is 14.5. The molecule has 0 unspecified atom stereocenters. The summed E-state index contributed by atoms with van der Waals surface area (Å²) < 4.78 is 11.7. The zero-order valence-electron chi connectivity index (χ0n) is 12.3. The molecule has 0 saturated heterocycles. The lowest BCUT2D eigenvalue weighted by molar-refractivity contribution is 0.0653. The maximum absolute atomic E-state index is 5.97. The first-order chi connectivity index (χ1) is 10.3. The molecule has 0 aliphatic carbocycles. The van der Waals surface area contributed by atoms with E-state index in [-0.39, 0.29) is 6.10 Å². The van der Waals surface area contributed by atoms with Gasteiger partial charge in [0.25, 0.3) is 0 Å². The molecule has 21 heavy (non-hydrogen) atoms. The fourth-order valence-electron chi connectivity index (χ4n) is 2.56. The van der Waals surface area contributed by atoms with Crippen LogP contribution in [0.2, 0.25) is 0 Å². The van der Waals surface area contributed by atoms with Crippen molar-refractivity contribution in [2.24, 2.45) is 0 Å². The number of rotatable bonds is 6. The SMILES string of the molecule is CN(CCCc1cn[nH]c1)C[C@H]1COc2ccccc2O1. The van der Waals surface area contributed by atoms with Crippen molar-refractivity contribution in [2.45, 2.75) is 18.9 Å². The lowest BCUT2D eigenvalue weighted by Crippen LogP contribution is -2.39. The van der Waals surface area contributed by atoms with Gasteiger partial charge in [-0.2, -0.15) is 5.10 Å². The average Bonchev–Trinajstić information content (AvgIpc) is 3.00. The summed E-state index contributed by atoms with van der Waals surface area (Å²) >= 11 is 0. The molecule has 2 aromatic rings. The number of fused-ring (bicyclic) bond motifs is 1. The summed E-state index contributed by atoms with van der Waals surface area (Å²) in [6.07, 6.45) is 6.09. The Bertz CT molecular complexity index is 556. The van der Waals surface area contributed by atoms with Gasteiger partial charge in [0.1, 0.15) is 12.7 Å². The average molecular weight is 287 g/mol. The van der Waals surface area contributed by atoms with Crippen LogP contribution >= 0.6 is 0 Å². The molecule has 3 rings (SSSR count). The molecular formula is C16H21N3O2. The molecule has 1 aromatic heterocycles. The lowest BCUT2D eigenvalue weighted by Gasteiger charge is -2.29. The molecule has 0 fully saturated rings. The number of benzene rings is 1. The highest BCUT2D eigenvalue weighted by molar-refractivity contribution is 5.40. The van der Waals surface area contributed by atoms with Crippen LogP contribution in [0.5, 0.6) is 11.5 Å². The van der Waals surface area contributed by atoms with E-state index >= 15 is 0 Å². The fourth-order valence-corrected chi connectivity index (χ4v) is 2.56. The Hall–Kier alpha value is -2.01. The minimum Gasteiger partial charge on any atom is -0.486 e. The third kappa shape index (κ3) is 3.76. The van der Waals surface area contributed by atoms with Crippen LogP contribution in [0.3, 0.4) is 0 Å². The number of H-pyrrole nitrogens is 1. The Morgan fingerprint density at radius 1 is 1.33 bits per heavy atom. The standard InChI is InChI=1S/C16H21N3O2/c1-19(8-4-5-13-9-17-18-10-13)11-14-12-20-15-6-2-3-7-16(15)21-14/h2-3,6-7,9-10,14H,4-5,8,11-12H2,1H3,(H,17,18)/t14-/m0/s1. The van der Waals surface area contributed by atoms with Gasteiger partial charge in [-0.05, 0) is 44.1 Å². The van der Waals surface area contributed by atoms with E-state index in [1.54, 1.807) is 0 Å². The van der Waals surface area contributed by atoms with Crippen molar-refractivity contribution in [2.75, 3.05) is 26.7 Å². The number of hydrogen-bond acceptors (Lipinski definition) is 4. The van der Waals surface area contributed by atoms with Gasteiger partial charge in [0, 0.05) is 12.7 Å². The molecule has 1 atom stereocenters. The van der Waals surface area contributed by atoms with Gasteiger partial charge >= 0.3 is 0 Å². The normalized spacial score (nSPS) is 17.1. The van der Waals surface area contributed by atoms with E-state index < -0.39 is 0 Å². The van der Waals surface area contributed by atoms with Crippen LogP contribution in [0.4, 0.5) is 0 Å². The number of nitrogens with zero attached hydrogens (tertiary/aromatic N) is 2. The molecule has 0 spiro atoms. The Morgan fingerprint density at radius 2 is 2.19 bits per heavy atom. The van der Waals surface area contributed by atoms with E-state index in [4.69, 9.17) is 9.47 Å². The summed E-state index contributed by atoms with van der Waals surface area (Å²) in [5, 5.41) is 6.80. The highest BCUT2D eigenvalue weighted by atomic mass is 16.6. The van der Waals surface area contributed by atoms with E-state index in [1.807, 2.05) is 36.7 Å². The number of aromatic amines is 1. The molecule has 0 radical (unpaired) electrons. The number of nitrogens with one attached hydrogen (secondary N) is 1. The molecule has 0 bridgehead atoms. The van der Waals surface area contributed by atoms with Crippen molar-refractivity contribution in [3.63, 3.8) is 0 Å². The van der Waals surface area contributed by atoms with Crippen molar-refractivity contribution in [3.8, 4) is 11.5 Å². The maximum Gasteiger partial charge on any atom is 0.161 e. The molecule has 1 aromatic carbocycles. The number of aromatic nitrogens is 2. The lowest BCUT2D eigenvalue weighted by atomic mass is 10.2. The monoisotopic (exact) mass is 287 g/mol. The predicted molar refractivity (Wildman–Crippen MR) is 80.8 cm³/mol. The second-order valence-electron chi connectivity index (χ2n) is 5.47. The van der Waals surface area contributed by atoms with Crippen molar-refractivity contribution < 1.29 is 9.47 Å². The topological polar surface area (TPSA) is 50.4 Å². The van der Waals surface area contributed by atoms with Crippen LogP contribution in [0.1, 0.15) is 12.0 Å². The Balaban J connectivity index is 1.42. The molecule has 2 heterocycles. The summed E-state index contributed by atoms with van der Waals surface area (Å²) in [6, 6.07) is 7.84. The van der Waals surface area contributed by atoms with Gasteiger partial charge in [-0.25, -0.2) is 0 Å². The first-order valence-electron chi connectivity index (χ1n) is 7.36. The molecule has 1 N–H and O–H groups in total. The summed E-state index contributed by atoms with van der Waals surface area (Å²) in [4.78, 5) is 2.29. The second kappa shape index (κ2) is 6.63. The summed E-state index contributed by atoms with van der Waals surface area (Å²) in [5.74, 6) is 1.69. The van der Waals surface area contributed by atoms with Crippen LogP contribution in [-0.2, 0) is 6.42 Å². The van der Waals surface area contributed by atoms with Gasteiger partial charge in [-0.1, -0.05) is 12.1 Å². The first kappa shape index (κ1) is 13.9.